The highest BCUT2D eigenvalue weighted by molar-refractivity contribution is 5.75. The van der Waals surface area contributed by atoms with Gasteiger partial charge in [-0.05, 0) is 43.9 Å². The fraction of sp³-hybridized carbons (Fsp3) is 0.562. The quantitative estimate of drug-likeness (QED) is 0.916. The van der Waals surface area contributed by atoms with Gasteiger partial charge in [-0.25, -0.2) is 4.98 Å². The first-order valence-corrected chi connectivity index (χ1v) is 7.38. The molecule has 0 spiro atoms. The molecule has 2 aromatic rings. The van der Waals surface area contributed by atoms with E-state index in [0.717, 1.165) is 17.9 Å². The molecule has 1 fully saturated rings. The van der Waals surface area contributed by atoms with Crippen LogP contribution in [0.25, 0.3) is 11.0 Å². The molecule has 1 aromatic carbocycles. The van der Waals surface area contributed by atoms with Crippen molar-refractivity contribution >= 4 is 11.0 Å². The van der Waals surface area contributed by atoms with E-state index in [2.05, 4.69) is 48.1 Å². The van der Waals surface area contributed by atoms with Crippen molar-refractivity contribution in [3.8, 4) is 0 Å². The average molecular weight is 257 g/mol. The number of rotatable bonds is 3. The first-order chi connectivity index (χ1) is 9.24. The predicted molar refractivity (Wildman–Crippen MR) is 79.2 cm³/mol. The van der Waals surface area contributed by atoms with E-state index >= 15 is 0 Å². The van der Waals surface area contributed by atoms with Gasteiger partial charge in [-0.3, -0.25) is 0 Å². The van der Waals surface area contributed by atoms with E-state index in [4.69, 9.17) is 4.98 Å². The van der Waals surface area contributed by atoms with E-state index in [9.17, 15) is 0 Å². The summed E-state index contributed by atoms with van der Waals surface area (Å²) in [6, 6.07) is 9.06. The molecule has 1 aromatic heterocycles. The normalized spacial score (nSPS) is 23.9. The number of aromatic nitrogens is 2. The second-order valence-corrected chi connectivity index (χ2v) is 5.90. The molecular weight excluding hydrogens is 234 g/mol. The van der Waals surface area contributed by atoms with Crippen LogP contribution in [0.3, 0.4) is 0 Å². The number of nitrogens with zero attached hydrogens (tertiary/aromatic N) is 2. The summed E-state index contributed by atoms with van der Waals surface area (Å²) in [7, 11) is 2.13. The number of hydrogen-bond acceptors (Lipinski definition) is 2. The van der Waals surface area contributed by atoms with Crippen LogP contribution in [0, 0.1) is 5.92 Å². The highest BCUT2D eigenvalue weighted by Crippen LogP contribution is 2.19. The van der Waals surface area contributed by atoms with Crippen LogP contribution in [0.4, 0.5) is 0 Å². The zero-order valence-corrected chi connectivity index (χ0v) is 11.9. The first-order valence-electron chi connectivity index (χ1n) is 7.38. The highest BCUT2D eigenvalue weighted by Gasteiger charge is 2.18. The molecule has 102 valence electrons. The third-order valence-electron chi connectivity index (χ3n) is 4.36. The molecule has 0 amide bonds. The molecule has 1 aliphatic heterocycles. The van der Waals surface area contributed by atoms with Crippen molar-refractivity contribution in [1.29, 1.82) is 0 Å². The lowest BCUT2D eigenvalue weighted by Gasteiger charge is -2.27. The van der Waals surface area contributed by atoms with Crippen LogP contribution in [-0.2, 0) is 13.5 Å². The summed E-state index contributed by atoms with van der Waals surface area (Å²) in [5, 5.41) is 3.66. The summed E-state index contributed by atoms with van der Waals surface area (Å²) in [6.07, 6.45) is 4.94. The Hall–Kier alpha value is -1.35. The molecule has 0 bridgehead atoms. The van der Waals surface area contributed by atoms with Crippen LogP contribution in [0.15, 0.2) is 24.3 Å². The molecule has 0 radical (unpaired) electrons. The minimum Gasteiger partial charge on any atom is -0.331 e. The molecule has 3 heteroatoms. The van der Waals surface area contributed by atoms with Gasteiger partial charge in [-0.1, -0.05) is 19.1 Å². The van der Waals surface area contributed by atoms with Crippen molar-refractivity contribution < 1.29 is 0 Å². The zero-order valence-electron chi connectivity index (χ0n) is 11.9. The number of aryl methyl sites for hydroxylation is 2. The Morgan fingerprint density at radius 2 is 2.16 bits per heavy atom. The van der Waals surface area contributed by atoms with Gasteiger partial charge in [0.1, 0.15) is 5.82 Å². The molecule has 1 aliphatic rings. The van der Waals surface area contributed by atoms with Crippen LogP contribution < -0.4 is 5.32 Å². The summed E-state index contributed by atoms with van der Waals surface area (Å²) in [4.78, 5) is 4.75. The monoisotopic (exact) mass is 257 g/mol. The maximum absolute atomic E-state index is 4.75. The molecule has 3 nitrogen and oxygen atoms in total. The summed E-state index contributed by atoms with van der Waals surface area (Å²) in [5.41, 5.74) is 2.35. The molecule has 2 unspecified atom stereocenters. The molecule has 2 atom stereocenters. The molecule has 0 aliphatic carbocycles. The van der Waals surface area contributed by atoms with Crippen molar-refractivity contribution in [2.24, 2.45) is 13.0 Å². The summed E-state index contributed by atoms with van der Waals surface area (Å²) < 4.78 is 2.24. The number of hydrogen-bond donors (Lipinski definition) is 1. The number of nitrogens with one attached hydrogen (secondary N) is 1. The van der Waals surface area contributed by atoms with E-state index in [0.29, 0.717) is 6.04 Å². The van der Waals surface area contributed by atoms with Crippen LogP contribution in [0.2, 0.25) is 0 Å². The lowest BCUT2D eigenvalue weighted by molar-refractivity contribution is 0.314. The average Bonchev–Trinajstić information content (AvgIpc) is 2.76. The van der Waals surface area contributed by atoms with Crippen LogP contribution in [0.5, 0.6) is 0 Å². The van der Waals surface area contributed by atoms with Gasteiger partial charge in [0.05, 0.1) is 11.0 Å². The lowest BCUT2D eigenvalue weighted by atomic mass is 9.94. The summed E-state index contributed by atoms with van der Waals surface area (Å²) in [5.74, 6) is 2.05. The van der Waals surface area contributed by atoms with E-state index in [1.54, 1.807) is 0 Å². The van der Waals surface area contributed by atoms with E-state index in [1.165, 1.54) is 37.1 Å². The van der Waals surface area contributed by atoms with Crippen molar-refractivity contribution in [3.05, 3.63) is 30.1 Å². The Morgan fingerprint density at radius 3 is 2.89 bits per heavy atom. The van der Waals surface area contributed by atoms with Crippen molar-refractivity contribution in [2.75, 3.05) is 6.54 Å². The van der Waals surface area contributed by atoms with Crippen molar-refractivity contribution in [1.82, 2.24) is 14.9 Å². The topological polar surface area (TPSA) is 29.9 Å². The van der Waals surface area contributed by atoms with E-state index < -0.39 is 0 Å². The number of para-hydroxylation sites is 2. The van der Waals surface area contributed by atoms with Crippen LogP contribution in [-0.4, -0.2) is 22.1 Å². The number of imidazole rings is 1. The Labute approximate surface area is 115 Å². The summed E-state index contributed by atoms with van der Waals surface area (Å²) >= 11 is 0. The Kier molecular flexibility index (Phi) is 3.56. The smallest absolute Gasteiger partial charge is 0.109 e. The third-order valence-corrected chi connectivity index (χ3v) is 4.36. The Morgan fingerprint density at radius 1 is 1.32 bits per heavy atom. The van der Waals surface area contributed by atoms with Gasteiger partial charge in [0.15, 0.2) is 0 Å². The maximum Gasteiger partial charge on any atom is 0.109 e. The predicted octanol–water partition coefficient (Wildman–Crippen LogP) is 2.89. The number of fused-ring (bicyclic) bond motifs is 1. The van der Waals surface area contributed by atoms with Gasteiger partial charge in [-0.15, -0.1) is 0 Å². The molecule has 1 saturated heterocycles. The van der Waals surface area contributed by atoms with Gasteiger partial charge in [-0.2, -0.15) is 0 Å². The molecular formula is C16H23N3. The third kappa shape index (κ3) is 2.66. The number of benzene rings is 1. The molecule has 0 saturated carbocycles. The molecule has 19 heavy (non-hydrogen) atoms. The van der Waals surface area contributed by atoms with Gasteiger partial charge < -0.3 is 9.88 Å². The maximum atomic E-state index is 4.75. The zero-order chi connectivity index (χ0) is 13.2. The fourth-order valence-corrected chi connectivity index (χ4v) is 3.03. The Bertz CT molecular complexity index is 550. The minimum atomic E-state index is 0.677. The molecule has 3 rings (SSSR count). The first kappa shape index (κ1) is 12.7. The van der Waals surface area contributed by atoms with Gasteiger partial charge >= 0.3 is 0 Å². The van der Waals surface area contributed by atoms with E-state index in [1.807, 2.05) is 0 Å². The van der Waals surface area contributed by atoms with Crippen LogP contribution in [0.1, 0.15) is 32.0 Å². The van der Waals surface area contributed by atoms with Gasteiger partial charge in [0, 0.05) is 19.5 Å². The van der Waals surface area contributed by atoms with Crippen molar-refractivity contribution in [3.63, 3.8) is 0 Å². The highest BCUT2D eigenvalue weighted by atomic mass is 15.1. The van der Waals surface area contributed by atoms with Crippen molar-refractivity contribution in [2.45, 2.75) is 38.6 Å². The van der Waals surface area contributed by atoms with Gasteiger partial charge in [0.25, 0.3) is 0 Å². The second-order valence-electron chi connectivity index (χ2n) is 5.90. The van der Waals surface area contributed by atoms with E-state index in [-0.39, 0.29) is 0 Å². The summed E-state index contributed by atoms with van der Waals surface area (Å²) in [6.45, 7) is 3.50. The number of piperidine rings is 1. The second kappa shape index (κ2) is 5.33. The molecule has 1 N–H and O–H groups in total. The van der Waals surface area contributed by atoms with Gasteiger partial charge in [0.2, 0.25) is 0 Å². The molecule has 2 heterocycles. The Balaban J connectivity index is 1.67. The van der Waals surface area contributed by atoms with Crippen LogP contribution >= 0.6 is 0 Å². The lowest BCUT2D eigenvalue weighted by Crippen LogP contribution is -2.38. The standard InChI is InChI=1S/C16H23N3/c1-12-7-8-13(17-11-12)9-10-16-18-14-5-3-4-6-15(14)19(16)2/h3-6,12-13,17H,7-11H2,1-2H3. The fourth-order valence-electron chi connectivity index (χ4n) is 3.03. The largest absolute Gasteiger partial charge is 0.331 e. The SMILES string of the molecule is CC1CCC(CCc2nc3ccccc3n2C)NC1. The minimum absolute atomic E-state index is 0.677.